The van der Waals surface area contributed by atoms with E-state index in [0.717, 1.165) is 108 Å². The Labute approximate surface area is 428 Å². The topological polar surface area (TPSA) is 113 Å². The van der Waals surface area contributed by atoms with E-state index >= 15 is 0 Å². The number of fused-ring (bicyclic) bond motifs is 10. The van der Waals surface area contributed by atoms with E-state index in [1.165, 1.54) is 88.5 Å². The number of hydroxylamine groups is 2. The van der Waals surface area contributed by atoms with Crippen LogP contribution < -0.4 is 18.9 Å². The minimum absolute atomic E-state index is 0. The summed E-state index contributed by atoms with van der Waals surface area (Å²) in [6.45, 7) is 16.6. The van der Waals surface area contributed by atoms with Crippen molar-refractivity contribution in [2.24, 2.45) is 81.8 Å². The summed E-state index contributed by atoms with van der Waals surface area (Å²) in [5.74, 6) is 8.82. The molecule has 0 aliphatic heterocycles. The summed E-state index contributed by atoms with van der Waals surface area (Å²) >= 11 is 3.28. The maximum atomic E-state index is 13.2. The van der Waals surface area contributed by atoms with Crippen LogP contribution >= 0.6 is 22.7 Å². The number of carbonyl (C=O) groups excluding carboxylic acids is 2. The average Bonchev–Trinajstić information content (AvgIpc) is 4.10. The number of aryl methyl sites for hydroxylation is 1. The van der Waals surface area contributed by atoms with Crippen molar-refractivity contribution < 1.29 is 43.5 Å². The first kappa shape index (κ1) is 58.4. The van der Waals surface area contributed by atoms with Gasteiger partial charge in [-0.3, -0.25) is 19.4 Å². The zero-order valence-electron chi connectivity index (χ0n) is 42.1. The molecule has 8 fully saturated rings. The van der Waals surface area contributed by atoms with Crippen LogP contribution in [0.15, 0.2) is 23.2 Å². The zero-order valence-corrected chi connectivity index (χ0v) is 43.7. The number of Topliss-reactive ketones (excluding diaryl/α,β-unsaturated/α-hetero) is 1. The first-order valence-corrected chi connectivity index (χ1v) is 27.5. The smallest absolute Gasteiger partial charge is 0.390 e. The van der Waals surface area contributed by atoms with E-state index in [-0.39, 0.29) is 62.3 Å². The van der Waals surface area contributed by atoms with Gasteiger partial charge in [0.25, 0.3) is 0 Å². The Balaban J connectivity index is 0.000000234. The van der Waals surface area contributed by atoms with Crippen molar-refractivity contribution >= 4 is 34.4 Å². The van der Waals surface area contributed by atoms with Gasteiger partial charge in [0.05, 0.1) is 34.7 Å². The van der Waals surface area contributed by atoms with Gasteiger partial charge in [-0.2, -0.15) is 6.42 Å². The molecular weight excluding hydrogens is 866 g/mol. The van der Waals surface area contributed by atoms with Crippen molar-refractivity contribution in [3.63, 3.8) is 0 Å². The number of hydrogen-bond acceptors (Lipinski definition) is 9. The van der Waals surface area contributed by atoms with E-state index < -0.39 is 11.2 Å². The Hall–Kier alpha value is -1.12. The van der Waals surface area contributed by atoms with Crippen LogP contribution in [0, 0.1) is 95.7 Å². The number of rotatable bonds is 6. The predicted octanol–water partition coefficient (Wildman–Crippen LogP) is 10.6. The van der Waals surface area contributed by atoms with Crippen molar-refractivity contribution in [2.45, 2.75) is 202 Å². The van der Waals surface area contributed by atoms with Crippen LogP contribution in [-0.4, -0.2) is 62.3 Å². The van der Waals surface area contributed by atoms with Crippen molar-refractivity contribution in [3.05, 3.63) is 40.1 Å². The Bertz CT molecular complexity index is 1810. The predicted molar refractivity (Wildman–Crippen MR) is 274 cm³/mol. The third-order valence-corrected chi connectivity index (χ3v) is 20.9. The molecular formula is C56H94LiN3O5S2. The number of carbonyl (C=O) groups is 2. The van der Waals surface area contributed by atoms with E-state index in [2.05, 4.69) is 37.7 Å². The number of hydrogen-bond donors (Lipinski definition) is 2. The molecule has 0 bridgehead atoms. The largest absolute Gasteiger partial charge is 1.00 e. The van der Waals surface area contributed by atoms with Crippen LogP contribution in [-0.2, 0) is 20.8 Å². The second-order valence-electron chi connectivity index (χ2n) is 23.2. The molecule has 11 heteroatoms. The molecule has 10 rings (SSSR count). The molecule has 2 aromatic heterocycles. The summed E-state index contributed by atoms with van der Waals surface area (Å²) in [4.78, 5) is 39.5. The number of amides is 1. The number of ketones is 1. The number of unbranched alkanes of at least 4 members (excludes halogenated alkanes) is 1. The van der Waals surface area contributed by atoms with Gasteiger partial charge in [0.1, 0.15) is 5.78 Å². The maximum absolute atomic E-state index is 13.2. The molecule has 0 aromatic carbocycles. The van der Waals surface area contributed by atoms with E-state index in [1.54, 1.807) is 43.0 Å². The Morgan fingerprint density at radius 2 is 1.16 bits per heavy atom. The molecule has 16 atom stereocenters. The Kier molecular flexibility index (Phi) is 21.4. The fourth-order valence-electron chi connectivity index (χ4n) is 16.3. The molecule has 0 saturated heterocycles. The standard InChI is InChI=1S/C24H35NO2S.C22H37NO3.C4H5NS.C4H9.2CH4.Li/c1-23(27)9-7-16-15(14-23)3-4-18-17(16)8-10-24(2)19(18)5-6-20(24)21(26)13-22-25-11-12-28-22;1-21(25)11-9-15-14(13-21)5-6-17-16(15)10-12-22(2)18(17)7-8-19(22)20(24)23(3)26-4;1-4-5-2-3-6-4;1-3-4-2;;;/h11-12,15-20,27H,3-10,13-14H2,1-2H3;14-19,25H,5-13H2,1-4H3;2-3H,1H3;1,3-4H2,2H3;2*1H4;/q;;;-1;;;+1/t15-,16+,17-,18-,19+,20-,23-,24+;14-,15+,16-,17-,18+,19-,21-,22+;;;;;/m11...../s1. The van der Waals surface area contributed by atoms with Crippen LogP contribution in [0.5, 0.6) is 0 Å². The third-order valence-electron chi connectivity index (χ3n) is 19.5. The van der Waals surface area contributed by atoms with Gasteiger partial charge in [-0.15, -0.1) is 22.7 Å². The van der Waals surface area contributed by atoms with Crippen molar-refractivity contribution in [2.75, 3.05) is 14.2 Å². The number of aliphatic hydroxyl groups is 2. The Morgan fingerprint density at radius 1 is 0.701 bits per heavy atom. The second kappa shape index (κ2) is 24.5. The zero-order chi connectivity index (χ0) is 46.0. The maximum Gasteiger partial charge on any atom is 1.00 e. The average molecular weight is 960 g/mol. The van der Waals surface area contributed by atoms with Crippen LogP contribution in [0.1, 0.15) is 188 Å². The van der Waals surface area contributed by atoms with Crippen LogP contribution in [0.4, 0.5) is 0 Å². The summed E-state index contributed by atoms with van der Waals surface area (Å²) in [6.07, 6.45) is 27.6. The SMILES string of the molecule is C.C.CON(C)C(=O)[C@H]1CC[C@H]2[C@@H]3CC[C@@H]4C[C@](C)(O)CC[C@@H]4[C@H]3CC[C@]12C.C[C@@]1(O)CC[C@H]2[C@H](CC[C@@H]3[C@@H]2CC[C@]2(C)[C@@H](C(=O)Cc4nccs4)CC[C@@H]32)C1.Cc1nccs1.[CH2-]CCC.[Li+]. The summed E-state index contributed by atoms with van der Waals surface area (Å²) in [5, 5.41) is 28.6. The van der Waals surface area contributed by atoms with Gasteiger partial charge in [0.15, 0.2) is 0 Å². The molecule has 8 nitrogen and oxygen atoms in total. The molecule has 8 aliphatic rings. The fourth-order valence-corrected chi connectivity index (χ4v) is 17.4. The first-order valence-electron chi connectivity index (χ1n) is 25.8. The minimum atomic E-state index is -0.438. The van der Waals surface area contributed by atoms with Gasteiger partial charge in [0.2, 0.25) is 5.91 Å². The van der Waals surface area contributed by atoms with Crippen molar-refractivity contribution in [1.29, 1.82) is 0 Å². The minimum Gasteiger partial charge on any atom is -0.390 e. The monoisotopic (exact) mass is 960 g/mol. The van der Waals surface area contributed by atoms with E-state index in [9.17, 15) is 19.8 Å². The molecule has 2 aromatic rings. The van der Waals surface area contributed by atoms with Crippen LogP contribution in [0.3, 0.4) is 0 Å². The number of nitrogens with zero attached hydrogens (tertiary/aromatic N) is 3. The summed E-state index contributed by atoms with van der Waals surface area (Å²) in [5.41, 5.74) is -0.509. The summed E-state index contributed by atoms with van der Waals surface area (Å²) in [7, 11) is 3.34. The Morgan fingerprint density at radius 3 is 1.58 bits per heavy atom. The molecule has 1 amide bonds. The van der Waals surface area contributed by atoms with Gasteiger partial charge >= 0.3 is 18.9 Å². The van der Waals surface area contributed by atoms with E-state index in [4.69, 9.17) is 4.84 Å². The van der Waals surface area contributed by atoms with Crippen LogP contribution in [0.25, 0.3) is 0 Å². The van der Waals surface area contributed by atoms with Gasteiger partial charge < -0.3 is 17.1 Å². The van der Waals surface area contributed by atoms with Crippen molar-refractivity contribution in [3.8, 4) is 0 Å². The molecule has 0 radical (unpaired) electrons. The quantitative estimate of drug-likeness (QED) is 0.168. The molecule has 0 spiro atoms. The van der Waals surface area contributed by atoms with Gasteiger partial charge in [-0.05, 0) is 206 Å². The molecule has 8 aliphatic carbocycles. The molecule has 2 N–H and O–H groups in total. The molecule has 67 heavy (non-hydrogen) atoms. The van der Waals surface area contributed by atoms with Gasteiger partial charge in [-0.1, -0.05) is 42.0 Å². The molecule has 376 valence electrons. The van der Waals surface area contributed by atoms with Crippen molar-refractivity contribution in [1.82, 2.24) is 15.0 Å². The van der Waals surface area contributed by atoms with E-state index in [0.29, 0.717) is 18.1 Å². The van der Waals surface area contributed by atoms with E-state index in [1.807, 2.05) is 37.7 Å². The second-order valence-corrected chi connectivity index (χ2v) is 25.3. The number of thiazole rings is 2. The fraction of sp³-hybridized carbons (Fsp3) is 0.839. The molecule has 2 heterocycles. The van der Waals surface area contributed by atoms with Gasteiger partial charge in [-0.25, -0.2) is 10.0 Å². The summed E-state index contributed by atoms with van der Waals surface area (Å²) in [6, 6.07) is 0. The number of aromatic nitrogens is 2. The normalized spacial score (nSPS) is 40.8. The molecule has 8 saturated carbocycles. The van der Waals surface area contributed by atoms with Crippen LogP contribution in [0.2, 0.25) is 0 Å². The third kappa shape index (κ3) is 12.7. The summed E-state index contributed by atoms with van der Waals surface area (Å²) < 4.78 is 0. The first-order chi connectivity index (χ1) is 30.4. The van der Waals surface area contributed by atoms with Gasteiger partial charge in [0, 0.05) is 42.0 Å². The molecule has 0 unspecified atom stereocenters.